The minimum atomic E-state index is 0.255. The molecule has 4 nitrogen and oxygen atoms in total. The smallest absolute Gasteiger partial charge is 0.146 e. The van der Waals surface area contributed by atoms with Gasteiger partial charge in [-0.2, -0.15) is 0 Å². The molecule has 0 unspecified atom stereocenters. The summed E-state index contributed by atoms with van der Waals surface area (Å²) in [6.45, 7) is 8.17. The van der Waals surface area contributed by atoms with Gasteiger partial charge in [0.15, 0.2) is 0 Å². The molecule has 0 saturated heterocycles. The Kier molecular flexibility index (Phi) is 4.05. The minimum Gasteiger partial charge on any atom is -0.324 e. The van der Waals surface area contributed by atoms with Crippen LogP contribution in [-0.2, 0) is 18.5 Å². The molecule has 1 fully saturated rings. The third-order valence-corrected chi connectivity index (χ3v) is 4.16. The SMILES string of the molecule is CCn1c(CN)nnc1C1(CC(C)C)CCCC1. The lowest BCUT2D eigenvalue weighted by molar-refractivity contribution is 0.316. The Morgan fingerprint density at radius 2 is 1.94 bits per heavy atom. The van der Waals surface area contributed by atoms with Gasteiger partial charge in [0, 0.05) is 12.0 Å². The summed E-state index contributed by atoms with van der Waals surface area (Å²) in [6, 6.07) is 0. The predicted octanol–water partition coefficient (Wildman–Crippen LogP) is 2.61. The van der Waals surface area contributed by atoms with E-state index in [4.69, 9.17) is 5.73 Å². The fourth-order valence-corrected chi connectivity index (χ4v) is 3.56. The summed E-state index contributed by atoms with van der Waals surface area (Å²) in [5.41, 5.74) is 6.01. The first kappa shape index (κ1) is 13.5. The van der Waals surface area contributed by atoms with Crippen molar-refractivity contribution in [1.82, 2.24) is 14.8 Å². The molecule has 4 heteroatoms. The Bertz CT molecular complexity index is 388. The van der Waals surface area contributed by atoms with Crippen LogP contribution in [-0.4, -0.2) is 14.8 Å². The zero-order valence-corrected chi connectivity index (χ0v) is 11.9. The number of rotatable bonds is 5. The van der Waals surface area contributed by atoms with Crippen LogP contribution in [0.1, 0.15) is 64.5 Å². The van der Waals surface area contributed by atoms with Crippen LogP contribution in [0.3, 0.4) is 0 Å². The first-order chi connectivity index (χ1) is 8.63. The van der Waals surface area contributed by atoms with E-state index in [1.54, 1.807) is 0 Å². The van der Waals surface area contributed by atoms with Crippen molar-refractivity contribution in [3.63, 3.8) is 0 Å². The molecule has 0 bridgehead atoms. The van der Waals surface area contributed by atoms with E-state index in [9.17, 15) is 0 Å². The zero-order chi connectivity index (χ0) is 13.2. The number of aromatic nitrogens is 3. The summed E-state index contributed by atoms with van der Waals surface area (Å²) in [5, 5.41) is 8.79. The molecule has 0 aliphatic heterocycles. The minimum absolute atomic E-state index is 0.255. The first-order valence-electron chi connectivity index (χ1n) is 7.25. The lowest BCUT2D eigenvalue weighted by Crippen LogP contribution is -2.29. The second-order valence-corrected chi connectivity index (χ2v) is 5.97. The van der Waals surface area contributed by atoms with Crippen LogP contribution in [0.5, 0.6) is 0 Å². The lowest BCUT2D eigenvalue weighted by atomic mass is 9.77. The molecule has 0 radical (unpaired) electrons. The van der Waals surface area contributed by atoms with E-state index in [1.165, 1.54) is 37.9 Å². The summed E-state index contributed by atoms with van der Waals surface area (Å²) in [4.78, 5) is 0. The first-order valence-corrected chi connectivity index (χ1v) is 7.25. The van der Waals surface area contributed by atoms with Gasteiger partial charge < -0.3 is 10.3 Å². The van der Waals surface area contributed by atoms with Crippen molar-refractivity contribution < 1.29 is 0 Å². The van der Waals surface area contributed by atoms with Gasteiger partial charge in [-0.3, -0.25) is 0 Å². The van der Waals surface area contributed by atoms with Crippen molar-refractivity contribution in [3.05, 3.63) is 11.6 Å². The molecule has 1 saturated carbocycles. The van der Waals surface area contributed by atoms with Gasteiger partial charge in [-0.25, -0.2) is 0 Å². The fourth-order valence-electron chi connectivity index (χ4n) is 3.56. The molecule has 1 aromatic rings. The highest BCUT2D eigenvalue weighted by Crippen LogP contribution is 2.44. The Labute approximate surface area is 110 Å². The van der Waals surface area contributed by atoms with Crippen molar-refractivity contribution >= 4 is 0 Å². The van der Waals surface area contributed by atoms with Gasteiger partial charge >= 0.3 is 0 Å². The maximum absolute atomic E-state index is 5.76. The zero-order valence-electron chi connectivity index (χ0n) is 11.9. The molecule has 18 heavy (non-hydrogen) atoms. The van der Waals surface area contributed by atoms with Gasteiger partial charge in [-0.15, -0.1) is 10.2 Å². The van der Waals surface area contributed by atoms with E-state index >= 15 is 0 Å². The van der Waals surface area contributed by atoms with Crippen molar-refractivity contribution in [1.29, 1.82) is 0 Å². The molecule has 0 aromatic carbocycles. The van der Waals surface area contributed by atoms with Crippen LogP contribution in [0, 0.1) is 5.92 Å². The van der Waals surface area contributed by atoms with E-state index in [0.717, 1.165) is 12.4 Å². The van der Waals surface area contributed by atoms with Crippen LogP contribution in [0.15, 0.2) is 0 Å². The summed E-state index contributed by atoms with van der Waals surface area (Å²) < 4.78 is 2.24. The normalized spacial score (nSPS) is 18.7. The topological polar surface area (TPSA) is 56.7 Å². The number of hydrogen-bond acceptors (Lipinski definition) is 3. The molecule has 0 atom stereocenters. The van der Waals surface area contributed by atoms with Gasteiger partial charge in [-0.1, -0.05) is 26.7 Å². The monoisotopic (exact) mass is 250 g/mol. The highest BCUT2D eigenvalue weighted by molar-refractivity contribution is 5.13. The van der Waals surface area contributed by atoms with Crippen LogP contribution in [0.2, 0.25) is 0 Å². The van der Waals surface area contributed by atoms with E-state index in [2.05, 4.69) is 35.5 Å². The molecule has 2 N–H and O–H groups in total. The van der Waals surface area contributed by atoms with Crippen LogP contribution < -0.4 is 5.73 Å². The van der Waals surface area contributed by atoms with Crippen molar-refractivity contribution in [3.8, 4) is 0 Å². The molecule has 1 heterocycles. The number of hydrogen-bond donors (Lipinski definition) is 1. The highest BCUT2D eigenvalue weighted by Gasteiger charge is 2.40. The van der Waals surface area contributed by atoms with E-state index in [-0.39, 0.29) is 5.41 Å². The van der Waals surface area contributed by atoms with Crippen LogP contribution in [0.4, 0.5) is 0 Å². The largest absolute Gasteiger partial charge is 0.324 e. The summed E-state index contributed by atoms with van der Waals surface area (Å²) in [7, 11) is 0. The molecule has 2 rings (SSSR count). The Balaban J connectivity index is 2.39. The molecule has 102 valence electrons. The predicted molar refractivity (Wildman–Crippen MR) is 73.2 cm³/mol. The van der Waals surface area contributed by atoms with Crippen molar-refractivity contribution in [2.45, 2.75) is 71.4 Å². The van der Waals surface area contributed by atoms with Gasteiger partial charge in [0.2, 0.25) is 0 Å². The van der Waals surface area contributed by atoms with Gasteiger partial charge in [0.05, 0.1) is 6.54 Å². The number of nitrogens with zero attached hydrogens (tertiary/aromatic N) is 3. The lowest BCUT2D eigenvalue weighted by Gasteiger charge is -2.30. The number of nitrogens with two attached hydrogens (primary N) is 1. The van der Waals surface area contributed by atoms with Crippen molar-refractivity contribution in [2.75, 3.05) is 0 Å². The molecule has 0 spiro atoms. The fraction of sp³-hybridized carbons (Fsp3) is 0.857. The maximum atomic E-state index is 5.76. The van der Waals surface area contributed by atoms with Gasteiger partial charge in [-0.05, 0) is 32.1 Å². The van der Waals surface area contributed by atoms with E-state index in [0.29, 0.717) is 12.5 Å². The highest BCUT2D eigenvalue weighted by atomic mass is 15.3. The Morgan fingerprint density at radius 3 is 2.44 bits per heavy atom. The summed E-state index contributed by atoms with van der Waals surface area (Å²) >= 11 is 0. The Morgan fingerprint density at radius 1 is 1.28 bits per heavy atom. The molecular weight excluding hydrogens is 224 g/mol. The van der Waals surface area contributed by atoms with Crippen LogP contribution in [0.25, 0.3) is 0 Å². The second kappa shape index (κ2) is 5.39. The quantitative estimate of drug-likeness (QED) is 0.874. The molecule has 1 aromatic heterocycles. The van der Waals surface area contributed by atoms with Crippen molar-refractivity contribution in [2.24, 2.45) is 11.7 Å². The third kappa shape index (κ3) is 2.30. The maximum Gasteiger partial charge on any atom is 0.146 e. The van der Waals surface area contributed by atoms with Gasteiger partial charge in [0.1, 0.15) is 11.6 Å². The molecule has 1 aliphatic rings. The summed E-state index contributed by atoms with van der Waals surface area (Å²) in [6.07, 6.45) is 6.37. The summed E-state index contributed by atoms with van der Waals surface area (Å²) in [5.74, 6) is 2.82. The average molecular weight is 250 g/mol. The second-order valence-electron chi connectivity index (χ2n) is 5.97. The van der Waals surface area contributed by atoms with E-state index in [1.807, 2.05) is 0 Å². The van der Waals surface area contributed by atoms with Crippen LogP contribution >= 0.6 is 0 Å². The van der Waals surface area contributed by atoms with E-state index < -0.39 is 0 Å². The molecule has 0 amide bonds. The molecule has 1 aliphatic carbocycles. The van der Waals surface area contributed by atoms with Gasteiger partial charge in [0.25, 0.3) is 0 Å². The third-order valence-electron chi connectivity index (χ3n) is 4.16. The standard InChI is InChI=1S/C14H26N4/c1-4-18-12(10-15)16-17-13(18)14(9-11(2)3)7-5-6-8-14/h11H,4-10,15H2,1-3H3. The Hall–Kier alpha value is -0.900. The molecular formula is C14H26N4. The average Bonchev–Trinajstić information content (AvgIpc) is 2.93.